The molecule has 0 rings (SSSR count). The molecule has 0 heterocycles. The molecule has 0 aromatic heterocycles. The molecule has 0 spiro atoms. The highest BCUT2D eigenvalue weighted by atomic mass is 35.5. The molecule has 0 aliphatic rings. The molecule has 0 saturated heterocycles. The van der Waals surface area contributed by atoms with E-state index < -0.39 is 0 Å². The molecule has 0 saturated carbocycles. The van der Waals surface area contributed by atoms with Gasteiger partial charge in [0.15, 0.2) is 0 Å². The highest BCUT2D eigenvalue weighted by Crippen LogP contribution is 1.87. The predicted octanol–water partition coefficient (Wildman–Crippen LogP) is 1.90. The Kier molecular flexibility index (Phi) is 5.43. The van der Waals surface area contributed by atoms with Gasteiger partial charge in [0.2, 0.25) is 0 Å². The van der Waals surface area contributed by atoms with E-state index in [2.05, 4.69) is 11.9 Å². The van der Waals surface area contributed by atoms with Crippen molar-refractivity contribution in [3.63, 3.8) is 0 Å². The molecule has 9 heavy (non-hydrogen) atoms. The number of alkyl halides is 1. The van der Waals surface area contributed by atoms with Crippen molar-refractivity contribution in [3.8, 4) is 0 Å². The van der Waals surface area contributed by atoms with Gasteiger partial charge in [-0.25, -0.2) is 0 Å². The summed E-state index contributed by atoms with van der Waals surface area (Å²) in [5, 5.41) is 3.08. The highest BCUT2D eigenvalue weighted by molar-refractivity contribution is 6.18. The van der Waals surface area contributed by atoms with Crippen LogP contribution in [0.15, 0.2) is 24.4 Å². The van der Waals surface area contributed by atoms with Gasteiger partial charge in [-0.05, 0) is 13.0 Å². The fourth-order valence-electron chi connectivity index (χ4n) is 0.484. The summed E-state index contributed by atoms with van der Waals surface area (Å²) < 4.78 is 0. The molecular weight excluding hydrogens is 134 g/mol. The van der Waals surface area contributed by atoms with Crippen molar-refractivity contribution in [1.29, 1.82) is 0 Å². The zero-order chi connectivity index (χ0) is 7.11. The first-order valence-corrected chi connectivity index (χ1v) is 3.47. The number of allylic oxidation sites excluding steroid dienone is 2. The second-order valence-electron chi connectivity index (χ2n) is 1.56. The van der Waals surface area contributed by atoms with Crippen LogP contribution in [0.2, 0.25) is 0 Å². The molecule has 2 heteroatoms. The van der Waals surface area contributed by atoms with E-state index in [1.165, 1.54) is 0 Å². The molecule has 0 amide bonds. The zero-order valence-electron chi connectivity index (χ0n) is 5.65. The summed E-state index contributed by atoms with van der Waals surface area (Å²) in [6.07, 6.45) is 3.73. The topological polar surface area (TPSA) is 12.0 Å². The summed E-state index contributed by atoms with van der Waals surface area (Å²) >= 11 is 5.44. The third kappa shape index (κ3) is 4.10. The fourth-order valence-corrected chi connectivity index (χ4v) is 0.578. The van der Waals surface area contributed by atoms with E-state index in [-0.39, 0.29) is 0 Å². The molecule has 1 N–H and O–H groups in total. The zero-order valence-corrected chi connectivity index (χ0v) is 6.41. The predicted molar refractivity (Wildman–Crippen MR) is 42.7 cm³/mol. The second-order valence-corrected chi connectivity index (χ2v) is 1.94. The van der Waals surface area contributed by atoms with Gasteiger partial charge in [-0.15, -0.1) is 11.6 Å². The van der Waals surface area contributed by atoms with E-state index in [0.29, 0.717) is 5.88 Å². The van der Waals surface area contributed by atoms with Crippen LogP contribution in [0.3, 0.4) is 0 Å². The summed E-state index contributed by atoms with van der Waals surface area (Å²) in [4.78, 5) is 0. The maximum absolute atomic E-state index is 5.44. The molecule has 0 unspecified atom stereocenters. The first kappa shape index (κ1) is 8.57. The summed E-state index contributed by atoms with van der Waals surface area (Å²) in [6, 6.07) is 0. The van der Waals surface area contributed by atoms with Gasteiger partial charge in [-0.1, -0.05) is 12.7 Å². The van der Waals surface area contributed by atoms with Crippen molar-refractivity contribution in [1.82, 2.24) is 5.32 Å². The van der Waals surface area contributed by atoms with Gasteiger partial charge < -0.3 is 5.32 Å². The van der Waals surface area contributed by atoms with Gasteiger partial charge in [0, 0.05) is 18.1 Å². The van der Waals surface area contributed by atoms with Crippen LogP contribution in [0.5, 0.6) is 0 Å². The van der Waals surface area contributed by atoms with Gasteiger partial charge in [0.25, 0.3) is 0 Å². The van der Waals surface area contributed by atoms with E-state index in [9.17, 15) is 0 Å². The monoisotopic (exact) mass is 145 g/mol. The molecule has 0 fully saturated rings. The Morgan fingerprint density at radius 3 is 2.78 bits per heavy atom. The van der Waals surface area contributed by atoms with Gasteiger partial charge in [-0.3, -0.25) is 0 Å². The van der Waals surface area contributed by atoms with Crippen LogP contribution in [0.4, 0.5) is 0 Å². The van der Waals surface area contributed by atoms with Crippen LogP contribution in [-0.4, -0.2) is 12.4 Å². The quantitative estimate of drug-likeness (QED) is 0.471. The van der Waals surface area contributed by atoms with Crippen LogP contribution in [0.1, 0.15) is 6.92 Å². The highest BCUT2D eigenvalue weighted by Gasteiger charge is 1.83. The summed E-state index contributed by atoms with van der Waals surface area (Å²) in [5.41, 5.74) is 1.04. The fraction of sp³-hybridized carbons (Fsp3) is 0.429. The first-order chi connectivity index (χ1) is 4.35. The van der Waals surface area contributed by atoms with Crippen LogP contribution < -0.4 is 5.32 Å². The van der Waals surface area contributed by atoms with Crippen molar-refractivity contribution >= 4 is 11.6 Å². The molecule has 0 aliphatic carbocycles. The lowest BCUT2D eigenvalue weighted by atomic mass is 10.4. The lowest BCUT2D eigenvalue weighted by Gasteiger charge is -2.01. The lowest BCUT2D eigenvalue weighted by molar-refractivity contribution is 0.882. The Hall–Kier alpha value is -0.430. The minimum Gasteiger partial charge on any atom is -0.384 e. The lowest BCUT2D eigenvalue weighted by Crippen LogP contribution is -2.13. The minimum atomic E-state index is 0.630. The molecule has 1 nitrogen and oxygen atoms in total. The Morgan fingerprint density at radius 1 is 1.78 bits per heavy atom. The van der Waals surface area contributed by atoms with Crippen LogP contribution >= 0.6 is 11.6 Å². The standard InChI is InChI=1S/C7H12ClN/c1-3-7(4-2)9-6-5-8/h3-4,9H,1,5-6H2,2H3/b7-4+. The largest absolute Gasteiger partial charge is 0.384 e. The molecule has 0 atom stereocenters. The van der Waals surface area contributed by atoms with E-state index in [1.807, 2.05) is 13.0 Å². The summed E-state index contributed by atoms with van der Waals surface area (Å²) in [5.74, 6) is 0.630. The van der Waals surface area contributed by atoms with Crippen molar-refractivity contribution in [2.75, 3.05) is 12.4 Å². The molecule has 0 aliphatic heterocycles. The number of hydrogen-bond donors (Lipinski definition) is 1. The summed E-state index contributed by atoms with van der Waals surface area (Å²) in [6.45, 7) is 6.37. The maximum Gasteiger partial charge on any atom is 0.0396 e. The van der Waals surface area contributed by atoms with Crippen LogP contribution in [0.25, 0.3) is 0 Å². The molecule has 0 aromatic rings. The normalized spacial score (nSPS) is 11.1. The van der Waals surface area contributed by atoms with Crippen molar-refractivity contribution < 1.29 is 0 Å². The molecule has 0 aromatic carbocycles. The van der Waals surface area contributed by atoms with E-state index in [1.54, 1.807) is 6.08 Å². The van der Waals surface area contributed by atoms with E-state index >= 15 is 0 Å². The third-order valence-electron chi connectivity index (χ3n) is 0.955. The first-order valence-electron chi connectivity index (χ1n) is 2.93. The van der Waals surface area contributed by atoms with Gasteiger partial charge in [0.05, 0.1) is 0 Å². The Balaban J connectivity index is 3.45. The average Bonchev–Trinajstić information content (AvgIpc) is 1.91. The Bertz CT molecular complexity index is 107. The number of nitrogens with one attached hydrogen (secondary N) is 1. The van der Waals surface area contributed by atoms with E-state index in [0.717, 1.165) is 12.2 Å². The van der Waals surface area contributed by atoms with Gasteiger partial charge in [-0.2, -0.15) is 0 Å². The van der Waals surface area contributed by atoms with Gasteiger partial charge in [0.1, 0.15) is 0 Å². The number of hydrogen-bond acceptors (Lipinski definition) is 1. The summed E-state index contributed by atoms with van der Waals surface area (Å²) in [7, 11) is 0. The molecular formula is C7H12ClN. The second kappa shape index (κ2) is 5.70. The van der Waals surface area contributed by atoms with Crippen molar-refractivity contribution in [3.05, 3.63) is 24.4 Å². The minimum absolute atomic E-state index is 0.630. The third-order valence-corrected chi connectivity index (χ3v) is 1.14. The molecule has 52 valence electrons. The molecule has 0 bridgehead atoms. The SMILES string of the molecule is C=C/C(=C\C)NCCCl. The number of rotatable bonds is 4. The van der Waals surface area contributed by atoms with Crippen molar-refractivity contribution in [2.45, 2.75) is 6.92 Å². The molecule has 0 radical (unpaired) electrons. The van der Waals surface area contributed by atoms with Crippen LogP contribution in [-0.2, 0) is 0 Å². The smallest absolute Gasteiger partial charge is 0.0396 e. The Labute approximate surface area is 61.4 Å². The van der Waals surface area contributed by atoms with E-state index in [4.69, 9.17) is 11.6 Å². The van der Waals surface area contributed by atoms with Crippen molar-refractivity contribution in [2.24, 2.45) is 0 Å². The maximum atomic E-state index is 5.44. The Morgan fingerprint density at radius 2 is 2.44 bits per heavy atom. The van der Waals surface area contributed by atoms with Gasteiger partial charge >= 0.3 is 0 Å². The average molecular weight is 146 g/mol. The number of halogens is 1. The van der Waals surface area contributed by atoms with Crippen LogP contribution in [0, 0.1) is 0 Å².